The van der Waals surface area contributed by atoms with Crippen molar-refractivity contribution in [2.24, 2.45) is 0 Å². The van der Waals surface area contributed by atoms with Gasteiger partial charge in [0.1, 0.15) is 0 Å². The highest BCUT2D eigenvalue weighted by atomic mass is 32.1. The van der Waals surface area contributed by atoms with Crippen LogP contribution in [0.1, 0.15) is 33.5 Å². The minimum Gasteiger partial charge on any atom is -0.348 e. The molecular formula is C11H11N3O2S2. The number of rotatable bonds is 5. The Labute approximate surface area is 112 Å². The standard InChI is InChI=1S/C11H11N3O2S2/c1-7(5-9(15)10-3-2-4-17-10)12-11(16)8-6-18-14-13-8/h2-4,6-7H,5H2,1H3,(H,12,16)/t7-/m0/s1. The molecule has 0 aliphatic rings. The Morgan fingerprint density at radius 1 is 1.50 bits per heavy atom. The van der Waals surface area contributed by atoms with E-state index < -0.39 is 0 Å². The number of hydrogen-bond acceptors (Lipinski definition) is 6. The molecule has 1 amide bonds. The van der Waals surface area contributed by atoms with Crippen molar-refractivity contribution in [3.8, 4) is 0 Å². The molecule has 2 aromatic rings. The van der Waals surface area contributed by atoms with Crippen LogP contribution < -0.4 is 5.32 Å². The van der Waals surface area contributed by atoms with Gasteiger partial charge in [0.15, 0.2) is 11.5 Å². The van der Waals surface area contributed by atoms with Gasteiger partial charge in [-0.1, -0.05) is 10.6 Å². The van der Waals surface area contributed by atoms with Gasteiger partial charge < -0.3 is 5.32 Å². The van der Waals surface area contributed by atoms with Crippen molar-refractivity contribution in [3.05, 3.63) is 33.5 Å². The highest BCUT2D eigenvalue weighted by Gasteiger charge is 2.16. The van der Waals surface area contributed by atoms with Crippen molar-refractivity contribution in [3.63, 3.8) is 0 Å². The average molecular weight is 281 g/mol. The van der Waals surface area contributed by atoms with Gasteiger partial charge in [-0.2, -0.15) is 0 Å². The molecule has 0 fully saturated rings. The number of nitrogens with zero attached hydrogens (tertiary/aromatic N) is 2. The first-order chi connectivity index (χ1) is 8.66. The molecule has 0 aliphatic heterocycles. The van der Waals surface area contributed by atoms with Gasteiger partial charge in [-0.3, -0.25) is 9.59 Å². The summed E-state index contributed by atoms with van der Waals surface area (Å²) in [4.78, 5) is 24.2. The molecule has 1 atom stereocenters. The third-order valence-electron chi connectivity index (χ3n) is 2.26. The topological polar surface area (TPSA) is 72.0 Å². The molecule has 0 aliphatic carbocycles. The molecule has 0 aromatic carbocycles. The fourth-order valence-electron chi connectivity index (χ4n) is 1.43. The number of aromatic nitrogens is 2. The zero-order valence-corrected chi connectivity index (χ0v) is 11.3. The van der Waals surface area contributed by atoms with Gasteiger partial charge in [0.2, 0.25) is 0 Å². The molecule has 94 valence electrons. The molecule has 2 aromatic heterocycles. The van der Waals surface area contributed by atoms with E-state index in [1.165, 1.54) is 11.3 Å². The molecule has 0 spiro atoms. The molecule has 0 unspecified atom stereocenters. The fourth-order valence-corrected chi connectivity index (χ4v) is 2.54. The number of nitrogens with one attached hydrogen (secondary N) is 1. The van der Waals surface area contributed by atoms with Crippen molar-refractivity contribution >= 4 is 34.6 Å². The van der Waals surface area contributed by atoms with Crippen molar-refractivity contribution in [1.82, 2.24) is 14.9 Å². The van der Waals surface area contributed by atoms with E-state index in [2.05, 4.69) is 14.9 Å². The van der Waals surface area contributed by atoms with Crippen molar-refractivity contribution in [1.29, 1.82) is 0 Å². The van der Waals surface area contributed by atoms with E-state index in [0.29, 0.717) is 4.88 Å². The first kappa shape index (κ1) is 12.8. The summed E-state index contributed by atoms with van der Waals surface area (Å²) in [6.07, 6.45) is 0.282. The molecule has 0 saturated carbocycles. The third-order valence-corrected chi connectivity index (χ3v) is 3.67. The molecule has 1 N–H and O–H groups in total. The van der Waals surface area contributed by atoms with Crippen LogP contribution in [0, 0.1) is 0 Å². The van der Waals surface area contributed by atoms with E-state index in [1.54, 1.807) is 18.4 Å². The number of thiophene rings is 1. The van der Waals surface area contributed by atoms with Gasteiger partial charge in [0.05, 0.1) is 4.88 Å². The van der Waals surface area contributed by atoms with E-state index in [1.807, 2.05) is 11.4 Å². The van der Waals surface area contributed by atoms with Gasteiger partial charge in [-0.15, -0.1) is 16.4 Å². The highest BCUT2D eigenvalue weighted by Crippen LogP contribution is 2.12. The summed E-state index contributed by atoms with van der Waals surface area (Å²) in [6, 6.07) is 3.39. The van der Waals surface area contributed by atoms with Gasteiger partial charge in [-0.25, -0.2) is 0 Å². The van der Waals surface area contributed by atoms with E-state index >= 15 is 0 Å². The lowest BCUT2D eigenvalue weighted by Gasteiger charge is -2.11. The SMILES string of the molecule is C[C@@H](CC(=O)c1cccs1)NC(=O)c1csnn1. The second kappa shape index (κ2) is 5.83. The smallest absolute Gasteiger partial charge is 0.272 e. The Morgan fingerprint density at radius 2 is 2.33 bits per heavy atom. The zero-order chi connectivity index (χ0) is 13.0. The summed E-state index contributed by atoms with van der Waals surface area (Å²) >= 11 is 2.53. The predicted octanol–water partition coefficient (Wildman–Crippen LogP) is 1.99. The van der Waals surface area contributed by atoms with Crippen LogP contribution in [-0.4, -0.2) is 27.3 Å². The van der Waals surface area contributed by atoms with Crippen LogP contribution in [-0.2, 0) is 0 Å². The molecule has 0 bridgehead atoms. The largest absolute Gasteiger partial charge is 0.348 e. The maximum absolute atomic E-state index is 11.8. The monoisotopic (exact) mass is 281 g/mol. The van der Waals surface area contributed by atoms with E-state index in [4.69, 9.17) is 0 Å². The molecule has 5 nitrogen and oxygen atoms in total. The van der Waals surface area contributed by atoms with Crippen LogP contribution in [0.5, 0.6) is 0 Å². The summed E-state index contributed by atoms with van der Waals surface area (Å²) in [5.41, 5.74) is 0.287. The number of ketones is 1. The van der Waals surface area contributed by atoms with E-state index in [0.717, 1.165) is 11.5 Å². The van der Waals surface area contributed by atoms with Crippen molar-refractivity contribution in [2.45, 2.75) is 19.4 Å². The molecule has 7 heteroatoms. The average Bonchev–Trinajstić information content (AvgIpc) is 3.02. The van der Waals surface area contributed by atoms with Crippen LogP contribution in [0.15, 0.2) is 22.9 Å². The lowest BCUT2D eigenvalue weighted by molar-refractivity contribution is 0.0915. The summed E-state index contributed by atoms with van der Waals surface area (Å²) in [5.74, 6) is -0.260. The maximum Gasteiger partial charge on any atom is 0.272 e. The van der Waals surface area contributed by atoms with Crippen LogP contribution in [0.4, 0.5) is 0 Å². The predicted molar refractivity (Wildman–Crippen MR) is 70.1 cm³/mol. The van der Waals surface area contributed by atoms with E-state index in [9.17, 15) is 9.59 Å². The first-order valence-corrected chi connectivity index (χ1v) is 7.03. The third kappa shape index (κ3) is 3.21. The molecule has 0 saturated heterocycles. The minimum atomic E-state index is -0.296. The lowest BCUT2D eigenvalue weighted by atomic mass is 10.1. The number of Topliss-reactive ketones (excluding diaryl/α,β-unsaturated/α-hetero) is 1. The first-order valence-electron chi connectivity index (χ1n) is 5.31. The minimum absolute atomic E-state index is 0.0363. The van der Waals surface area contributed by atoms with Crippen LogP contribution >= 0.6 is 22.9 Å². The van der Waals surface area contributed by atoms with Gasteiger partial charge >= 0.3 is 0 Å². The van der Waals surface area contributed by atoms with Crippen LogP contribution in [0.3, 0.4) is 0 Å². The lowest BCUT2D eigenvalue weighted by Crippen LogP contribution is -2.34. The number of amides is 1. The molecule has 2 heterocycles. The van der Waals surface area contributed by atoms with Crippen LogP contribution in [0.2, 0.25) is 0 Å². The summed E-state index contributed by atoms with van der Waals surface area (Å²) in [6.45, 7) is 1.79. The fraction of sp³-hybridized carbons (Fsp3) is 0.273. The Morgan fingerprint density at radius 3 is 2.94 bits per heavy atom. The van der Waals surface area contributed by atoms with Crippen LogP contribution in [0.25, 0.3) is 0 Å². The summed E-state index contributed by atoms with van der Waals surface area (Å²) in [7, 11) is 0. The summed E-state index contributed by atoms with van der Waals surface area (Å²) in [5, 5.41) is 9.83. The van der Waals surface area contributed by atoms with Gasteiger partial charge in [0, 0.05) is 17.8 Å². The van der Waals surface area contributed by atoms with Gasteiger partial charge in [-0.05, 0) is 29.9 Å². The summed E-state index contributed by atoms with van der Waals surface area (Å²) < 4.78 is 3.62. The molecular weight excluding hydrogens is 270 g/mol. The quantitative estimate of drug-likeness (QED) is 0.851. The number of carbonyl (C=O) groups is 2. The Balaban J connectivity index is 1.87. The number of carbonyl (C=O) groups excluding carboxylic acids is 2. The van der Waals surface area contributed by atoms with E-state index in [-0.39, 0.29) is 29.8 Å². The van der Waals surface area contributed by atoms with Crippen molar-refractivity contribution in [2.75, 3.05) is 0 Å². The Hall–Kier alpha value is -1.60. The normalized spacial score (nSPS) is 12.1. The molecule has 0 radical (unpaired) electrons. The second-order valence-corrected chi connectivity index (χ2v) is 5.33. The zero-order valence-electron chi connectivity index (χ0n) is 9.62. The number of hydrogen-bond donors (Lipinski definition) is 1. The maximum atomic E-state index is 11.8. The highest BCUT2D eigenvalue weighted by molar-refractivity contribution is 7.12. The Kier molecular flexibility index (Phi) is 4.16. The van der Waals surface area contributed by atoms with Crippen molar-refractivity contribution < 1.29 is 9.59 Å². The molecule has 18 heavy (non-hydrogen) atoms. The molecule has 2 rings (SSSR count). The second-order valence-electron chi connectivity index (χ2n) is 3.77. The van der Waals surface area contributed by atoms with Gasteiger partial charge in [0.25, 0.3) is 5.91 Å². The Bertz CT molecular complexity index is 474.